The molecule has 0 aliphatic carbocycles. The molecule has 0 bridgehead atoms. The molecule has 0 aliphatic rings. The number of nitrogens with one attached hydrogen (secondary N) is 1. The molecule has 2 aromatic rings. The number of aliphatic carboxylic acids is 1. The lowest BCUT2D eigenvalue weighted by Gasteiger charge is -2.04. The first-order chi connectivity index (χ1) is 11.4. The van der Waals surface area contributed by atoms with E-state index in [-0.39, 0.29) is 4.90 Å². The Kier molecular flexibility index (Phi) is 5.78. The topological polar surface area (TPSA) is 105 Å². The number of benzene rings is 2. The molecular formula is C15H13ClN2O5S. The summed E-state index contributed by atoms with van der Waals surface area (Å²) in [5, 5.41) is 12.6. The van der Waals surface area contributed by atoms with E-state index in [0.717, 1.165) is 0 Å². The average Bonchev–Trinajstić information content (AvgIpc) is 2.54. The molecule has 24 heavy (non-hydrogen) atoms. The van der Waals surface area contributed by atoms with Crippen molar-refractivity contribution >= 4 is 33.8 Å². The number of hydrazone groups is 1. The van der Waals surface area contributed by atoms with Gasteiger partial charge in [-0.2, -0.15) is 13.5 Å². The Labute approximate surface area is 143 Å². The first-order valence-corrected chi connectivity index (χ1v) is 8.48. The Hall–Kier alpha value is -2.58. The first kappa shape index (κ1) is 17.8. The zero-order chi connectivity index (χ0) is 17.6. The van der Waals surface area contributed by atoms with Gasteiger partial charge in [-0.25, -0.2) is 9.63 Å². The molecule has 0 atom stereocenters. The number of carbonyl (C=O) groups is 1. The third kappa shape index (κ3) is 5.25. The van der Waals surface area contributed by atoms with Crippen LogP contribution >= 0.6 is 11.6 Å². The molecule has 0 spiro atoms. The molecule has 0 heterocycles. The van der Waals surface area contributed by atoms with Crippen LogP contribution in [0.2, 0.25) is 5.02 Å². The molecule has 2 N–H and O–H groups in total. The monoisotopic (exact) mass is 368 g/mol. The quantitative estimate of drug-likeness (QED) is 0.575. The Morgan fingerprint density at radius 2 is 1.79 bits per heavy atom. The maximum Gasteiger partial charge on any atom is 0.341 e. The summed E-state index contributed by atoms with van der Waals surface area (Å²) in [7, 11) is -3.77. The van der Waals surface area contributed by atoms with Crippen molar-refractivity contribution in [2.45, 2.75) is 4.90 Å². The number of hydrogen-bond donors (Lipinski definition) is 2. The van der Waals surface area contributed by atoms with Gasteiger partial charge in [0.1, 0.15) is 5.75 Å². The van der Waals surface area contributed by atoms with Crippen LogP contribution in [0, 0.1) is 0 Å². The van der Waals surface area contributed by atoms with Gasteiger partial charge in [0.15, 0.2) is 6.61 Å². The highest BCUT2D eigenvalue weighted by atomic mass is 35.5. The summed E-state index contributed by atoms with van der Waals surface area (Å²) >= 11 is 5.71. The van der Waals surface area contributed by atoms with Crippen molar-refractivity contribution in [1.82, 2.24) is 4.83 Å². The number of rotatable bonds is 7. The van der Waals surface area contributed by atoms with Crippen molar-refractivity contribution in [1.29, 1.82) is 0 Å². The Morgan fingerprint density at radius 1 is 1.17 bits per heavy atom. The summed E-state index contributed by atoms with van der Waals surface area (Å²) in [5.41, 5.74) is 0.608. The molecule has 0 radical (unpaired) electrons. The normalized spacial score (nSPS) is 11.4. The van der Waals surface area contributed by atoms with Gasteiger partial charge in [-0.3, -0.25) is 0 Å². The molecule has 0 saturated heterocycles. The van der Waals surface area contributed by atoms with Crippen LogP contribution in [0.1, 0.15) is 5.56 Å². The Morgan fingerprint density at radius 3 is 2.38 bits per heavy atom. The van der Waals surface area contributed by atoms with Crippen LogP contribution in [0.4, 0.5) is 0 Å². The van der Waals surface area contributed by atoms with E-state index in [0.29, 0.717) is 16.3 Å². The van der Waals surface area contributed by atoms with Crippen molar-refractivity contribution in [3.8, 4) is 5.75 Å². The van der Waals surface area contributed by atoms with Gasteiger partial charge in [0.25, 0.3) is 10.0 Å². The number of carboxylic acid groups (broad SMARTS) is 1. The highest BCUT2D eigenvalue weighted by molar-refractivity contribution is 7.89. The smallest absolute Gasteiger partial charge is 0.341 e. The maximum atomic E-state index is 12.0. The number of hydrogen-bond acceptors (Lipinski definition) is 5. The first-order valence-electron chi connectivity index (χ1n) is 6.62. The van der Waals surface area contributed by atoms with Gasteiger partial charge in [0.2, 0.25) is 0 Å². The summed E-state index contributed by atoms with van der Waals surface area (Å²) in [5.74, 6) is -0.687. The van der Waals surface area contributed by atoms with E-state index in [9.17, 15) is 13.2 Å². The van der Waals surface area contributed by atoms with Crippen LogP contribution in [0.15, 0.2) is 58.5 Å². The van der Waals surface area contributed by atoms with Crippen molar-refractivity contribution < 1.29 is 23.1 Å². The molecule has 9 heteroatoms. The van der Waals surface area contributed by atoms with E-state index in [2.05, 4.69) is 9.93 Å². The van der Waals surface area contributed by atoms with Crippen LogP contribution in [0.25, 0.3) is 0 Å². The molecule has 0 fully saturated rings. The summed E-state index contributed by atoms with van der Waals surface area (Å²) in [6, 6.07) is 12.0. The number of nitrogens with zero attached hydrogens (tertiary/aromatic N) is 1. The number of ether oxygens (including phenoxy) is 1. The largest absolute Gasteiger partial charge is 0.482 e. The van der Waals surface area contributed by atoms with E-state index in [4.69, 9.17) is 21.4 Å². The number of halogens is 1. The van der Waals surface area contributed by atoms with Gasteiger partial charge < -0.3 is 9.84 Å². The highest BCUT2D eigenvalue weighted by Crippen LogP contribution is 2.14. The molecule has 2 rings (SSSR count). The van der Waals surface area contributed by atoms with Crippen molar-refractivity contribution in [2.75, 3.05) is 6.61 Å². The Bertz CT molecular complexity index is 833. The van der Waals surface area contributed by atoms with Crippen LogP contribution in [-0.2, 0) is 14.8 Å². The Balaban J connectivity index is 1.98. The number of carboxylic acids is 1. The minimum atomic E-state index is -3.77. The molecule has 0 aliphatic heterocycles. The molecule has 0 unspecified atom stereocenters. The lowest BCUT2D eigenvalue weighted by molar-refractivity contribution is -0.139. The van der Waals surface area contributed by atoms with Crippen molar-refractivity contribution in [3.05, 3.63) is 59.1 Å². The summed E-state index contributed by atoms with van der Waals surface area (Å²) < 4.78 is 29.0. The van der Waals surface area contributed by atoms with Gasteiger partial charge >= 0.3 is 5.97 Å². The van der Waals surface area contributed by atoms with Crippen LogP contribution in [-0.4, -0.2) is 32.3 Å². The van der Waals surface area contributed by atoms with Crippen LogP contribution < -0.4 is 9.57 Å². The van der Waals surface area contributed by atoms with E-state index >= 15 is 0 Å². The molecule has 0 amide bonds. The lowest BCUT2D eigenvalue weighted by atomic mass is 10.2. The summed E-state index contributed by atoms with van der Waals surface area (Å²) in [4.78, 5) is 12.5. The fourth-order valence-corrected chi connectivity index (χ4v) is 2.55. The molecule has 0 saturated carbocycles. The third-order valence-corrected chi connectivity index (χ3v) is 4.24. The van der Waals surface area contributed by atoms with Gasteiger partial charge in [0, 0.05) is 5.02 Å². The lowest BCUT2D eigenvalue weighted by Crippen LogP contribution is -2.18. The maximum absolute atomic E-state index is 12.0. The van der Waals surface area contributed by atoms with Crippen LogP contribution in [0.5, 0.6) is 5.75 Å². The second-order valence-electron chi connectivity index (χ2n) is 4.56. The van der Waals surface area contributed by atoms with Gasteiger partial charge in [-0.05, 0) is 54.1 Å². The predicted octanol–water partition coefficient (Wildman–Crippen LogP) is 2.12. The van der Waals surface area contributed by atoms with Gasteiger partial charge in [-0.15, -0.1) is 0 Å². The van der Waals surface area contributed by atoms with Crippen molar-refractivity contribution in [2.24, 2.45) is 5.10 Å². The summed E-state index contributed by atoms with van der Waals surface area (Å²) in [6.07, 6.45) is 1.31. The third-order valence-electron chi connectivity index (χ3n) is 2.75. The van der Waals surface area contributed by atoms with Gasteiger partial charge in [0.05, 0.1) is 11.1 Å². The minimum absolute atomic E-state index is 0.0430. The predicted molar refractivity (Wildman–Crippen MR) is 88.9 cm³/mol. The molecule has 0 aromatic heterocycles. The highest BCUT2D eigenvalue weighted by Gasteiger charge is 2.11. The molecule has 126 valence electrons. The zero-order valence-electron chi connectivity index (χ0n) is 12.2. The second-order valence-corrected chi connectivity index (χ2v) is 6.66. The van der Waals surface area contributed by atoms with E-state index in [1.165, 1.54) is 30.5 Å². The molecule has 7 nitrogen and oxygen atoms in total. The SMILES string of the molecule is O=C(O)COc1ccc(/C=N/NS(=O)(=O)c2ccc(Cl)cc2)cc1. The van der Waals surface area contributed by atoms with Gasteiger partial charge in [-0.1, -0.05) is 11.6 Å². The standard InChI is InChI=1S/C15H13ClN2O5S/c16-12-3-7-14(8-4-12)24(21,22)18-17-9-11-1-5-13(6-2-11)23-10-15(19)20/h1-9,18H,10H2,(H,19,20)/b17-9+. The van der Waals surface area contributed by atoms with E-state index in [1.807, 2.05) is 0 Å². The summed E-state index contributed by atoms with van der Waals surface area (Å²) in [6.45, 7) is -0.436. The zero-order valence-corrected chi connectivity index (χ0v) is 13.8. The van der Waals surface area contributed by atoms with Crippen LogP contribution in [0.3, 0.4) is 0 Å². The van der Waals surface area contributed by atoms with E-state index < -0.39 is 22.6 Å². The second kappa shape index (κ2) is 7.80. The van der Waals surface area contributed by atoms with Crippen molar-refractivity contribution in [3.63, 3.8) is 0 Å². The van der Waals surface area contributed by atoms with E-state index in [1.54, 1.807) is 24.3 Å². The average molecular weight is 369 g/mol. The molecular weight excluding hydrogens is 356 g/mol. The fourth-order valence-electron chi connectivity index (χ4n) is 1.63. The number of sulfonamides is 1. The molecule has 2 aromatic carbocycles. The fraction of sp³-hybridized carbons (Fsp3) is 0.0667. The minimum Gasteiger partial charge on any atom is -0.482 e.